The molecule has 1 unspecified atom stereocenters. The Bertz CT molecular complexity index is 1200. The summed E-state index contributed by atoms with van der Waals surface area (Å²) in [5.74, 6) is -1.21. The van der Waals surface area contributed by atoms with Crippen LogP contribution >= 0.6 is 0 Å². The molecule has 1 atom stereocenters. The molecule has 2 heterocycles. The number of H-pyrrole nitrogens is 1. The van der Waals surface area contributed by atoms with Gasteiger partial charge in [-0.15, -0.1) is 0 Å². The van der Waals surface area contributed by atoms with E-state index in [0.717, 1.165) is 54.1 Å². The van der Waals surface area contributed by atoms with Crippen LogP contribution in [0.5, 0.6) is 0 Å². The van der Waals surface area contributed by atoms with Gasteiger partial charge in [0, 0.05) is 28.7 Å². The van der Waals surface area contributed by atoms with Crippen LogP contribution in [0.3, 0.4) is 0 Å². The topological polar surface area (TPSA) is 73.4 Å². The number of Topliss-reactive ketones (excluding diaryl/α,β-unsaturated/α-hetero) is 1. The zero-order valence-electron chi connectivity index (χ0n) is 17.6. The number of nitrogens with one attached hydrogen (secondary N) is 1. The highest BCUT2D eigenvalue weighted by Gasteiger charge is 2.49. The van der Waals surface area contributed by atoms with Crippen molar-refractivity contribution in [3.63, 3.8) is 0 Å². The molecule has 2 aromatic carbocycles. The molecule has 5 heteroatoms. The Kier molecular flexibility index (Phi) is 4.89. The molecule has 1 aromatic heterocycles. The zero-order valence-corrected chi connectivity index (χ0v) is 17.6. The number of aliphatic hydroxyl groups excluding tert-OH is 1. The fraction of sp³-hybridized carbons (Fsp3) is 0.308. The molecule has 5 nitrogen and oxygen atoms in total. The number of carbonyl (C=O) groups is 2. The Hall–Kier alpha value is -3.34. The van der Waals surface area contributed by atoms with Crippen LogP contribution in [0.25, 0.3) is 16.7 Å². The quantitative estimate of drug-likeness (QED) is 0.350. The van der Waals surface area contributed by atoms with E-state index >= 15 is 0 Å². The van der Waals surface area contributed by atoms with Gasteiger partial charge in [-0.2, -0.15) is 0 Å². The maximum atomic E-state index is 13.3. The number of ketones is 1. The fourth-order valence-electron chi connectivity index (χ4n) is 5.17. The lowest BCUT2D eigenvalue weighted by molar-refractivity contribution is -0.141. The number of hydrogen-bond donors (Lipinski definition) is 2. The van der Waals surface area contributed by atoms with E-state index in [1.54, 1.807) is 11.1 Å². The van der Waals surface area contributed by atoms with E-state index in [-0.39, 0.29) is 17.4 Å². The van der Waals surface area contributed by atoms with Gasteiger partial charge in [-0.05, 0) is 31.4 Å². The Morgan fingerprint density at radius 3 is 2.58 bits per heavy atom. The number of benzene rings is 2. The second-order valence-corrected chi connectivity index (χ2v) is 8.66. The number of rotatable bonds is 3. The minimum atomic E-state index is -0.597. The lowest BCUT2D eigenvalue weighted by Crippen LogP contribution is -2.40. The number of likely N-dealkylation sites (tertiary alicyclic amines) is 1. The van der Waals surface area contributed by atoms with Gasteiger partial charge in [0.2, 0.25) is 0 Å². The van der Waals surface area contributed by atoms with Gasteiger partial charge in [0.15, 0.2) is 0 Å². The van der Waals surface area contributed by atoms with E-state index in [1.165, 1.54) is 0 Å². The molecule has 1 amide bonds. The van der Waals surface area contributed by atoms with Crippen molar-refractivity contribution in [2.75, 3.05) is 0 Å². The molecule has 2 fully saturated rings. The van der Waals surface area contributed by atoms with Crippen LogP contribution in [0.1, 0.15) is 54.8 Å². The van der Waals surface area contributed by atoms with E-state index in [0.29, 0.717) is 5.56 Å². The van der Waals surface area contributed by atoms with E-state index in [9.17, 15) is 14.7 Å². The predicted octanol–water partition coefficient (Wildman–Crippen LogP) is 5.23. The Morgan fingerprint density at radius 1 is 1.03 bits per heavy atom. The number of aromatic nitrogens is 1. The number of aryl methyl sites for hydroxylation is 1. The van der Waals surface area contributed by atoms with E-state index < -0.39 is 17.7 Å². The standard InChI is InChI=1S/C26H26N2O3/c1-16-8-7-9-17(14-16)23-22(24(29)20-15-27-21-13-6-5-12-19(20)21)25(30)26(31)28(23)18-10-3-2-4-11-18/h5-9,12-15,18,23,27,29H,2-4,10-11H2,1H3/b24-22-. The molecule has 1 aliphatic carbocycles. The third kappa shape index (κ3) is 3.25. The molecule has 0 radical (unpaired) electrons. The number of aromatic amines is 1. The number of para-hydroxylation sites is 1. The summed E-state index contributed by atoms with van der Waals surface area (Å²) in [5, 5.41) is 12.2. The second-order valence-electron chi connectivity index (χ2n) is 8.66. The summed E-state index contributed by atoms with van der Waals surface area (Å²) < 4.78 is 0. The molecule has 1 saturated carbocycles. The average molecular weight is 415 g/mol. The lowest BCUT2D eigenvalue weighted by Gasteiger charge is -2.35. The highest BCUT2D eigenvalue weighted by atomic mass is 16.3. The molecule has 2 N–H and O–H groups in total. The first-order valence-electron chi connectivity index (χ1n) is 11.0. The number of hydrogen-bond acceptors (Lipinski definition) is 3. The molecular formula is C26H26N2O3. The molecule has 3 aromatic rings. The highest BCUT2D eigenvalue weighted by Crippen LogP contribution is 2.43. The Labute approximate surface area is 181 Å². The first kappa shape index (κ1) is 19.6. The summed E-state index contributed by atoms with van der Waals surface area (Å²) in [6.07, 6.45) is 6.75. The van der Waals surface area contributed by atoms with Gasteiger partial charge in [0.1, 0.15) is 5.76 Å². The summed E-state index contributed by atoms with van der Waals surface area (Å²) in [5.41, 5.74) is 3.53. The van der Waals surface area contributed by atoms with Crippen LogP contribution in [0.2, 0.25) is 0 Å². The average Bonchev–Trinajstić information content (AvgIpc) is 3.33. The maximum Gasteiger partial charge on any atom is 0.295 e. The van der Waals surface area contributed by atoms with E-state index in [2.05, 4.69) is 4.98 Å². The monoisotopic (exact) mass is 414 g/mol. The summed E-state index contributed by atoms with van der Waals surface area (Å²) in [7, 11) is 0. The minimum absolute atomic E-state index is 0.0176. The van der Waals surface area contributed by atoms with Crippen molar-refractivity contribution in [1.29, 1.82) is 0 Å². The molecule has 1 saturated heterocycles. The summed E-state index contributed by atoms with van der Waals surface area (Å²) in [6.45, 7) is 2.00. The van der Waals surface area contributed by atoms with Crippen LogP contribution in [-0.2, 0) is 9.59 Å². The van der Waals surface area contributed by atoms with Gasteiger partial charge < -0.3 is 15.0 Å². The van der Waals surface area contributed by atoms with Crippen molar-refractivity contribution in [3.05, 3.63) is 77.0 Å². The predicted molar refractivity (Wildman–Crippen MR) is 120 cm³/mol. The molecule has 158 valence electrons. The minimum Gasteiger partial charge on any atom is -0.507 e. The van der Waals surface area contributed by atoms with Gasteiger partial charge >= 0.3 is 0 Å². The van der Waals surface area contributed by atoms with Gasteiger partial charge in [0.05, 0.1) is 11.6 Å². The van der Waals surface area contributed by atoms with Gasteiger partial charge in [0.25, 0.3) is 11.7 Å². The van der Waals surface area contributed by atoms with Crippen LogP contribution in [0.4, 0.5) is 0 Å². The first-order chi connectivity index (χ1) is 15.1. The van der Waals surface area contributed by atoms with Crippen molar-refractivity contribution in [1.82, 2.24) is 9.88 Å². The number of fused-ring (bicyclic) bond motifs is 1. The Morgan fingerprint density at radius 2 is 1.81 bits per heavy atom. The van der Waals surface area contributed by atoms with Crippen molar-refractivity contribution >= 4 is 28.4 Å². The largest absolute Gasteiger partial charge is 0.507 e. The number of amides is 1. The van der Waals surface area contributed by atoms with E-state index in [1.807, 2.05) is 55.5 Å². The number of aliphatic hydroxyl groups is 1. The summed E-state index contributed by atoms with van der Waals surface area (Å²) >= 11 is 0. The van der Waals surface area contributed by atoms with E-state index in [4.69, 9.17) is 0 Å². The van der Waals surface area contributed by atoms with Gasteiger partial charge in [-0.3, -0.25) is 9.59 Å². The molecular weight excluding hydrogens is 388 g/mol. The number of carbonyl (C=O) groups excluding carboxylic acids is 2. The normalized spacial score (nSPS) is 21.8. The molecule has 2 aliphatic rings. The number of nitrogens with zero attached hydrogens (tertiary/aromatic N) is 1. The molecule has 0 spiro atoms. The third-order valence-corrected chi connectivity index (χ3v) is 6.65. The highest BCUT2D eigenvalue weighted by molar-refractivity contribution is 6.46. The SMILES string of the molecule is Cc1cccc(C2/C(=C(/O)c3c[nH]c4ccccc34)C(=O)C(=O)N2C2CCCCC2)c1. The van der Waals surface area contributed by atoms with Crippen molar-refractivity contribution < 1.29 is 14.7 Å². The van der Waals surface area contributed by atoms with Crippen LogP contribution in [0, 0.1) is 6.92 Å². The molecule has 1 aliphatic heterocycles. The summed E-state index contributed by atoms with van der Waals surface area (Å²) in [4.78, 5) is 31.4. The molecule has 31 heavy (non-hydrogen) atoms. The Balaban J connectivity index is 1.71. The van der Waals surface area contributed by atoms with Crippen LogP contribution in [0.15, 0.2) is 60.3 Å². The van der Waals surface area contributed by atoms with Crippen molar-refractivity contribution in [3.8, 4) is 0 Å². The van der Waals surface area contributed by atoms with Crippen LogP contribution < -0.4 is 0 Å². The summed E-state index contributed by atoms with van der Waals surface area (Å²) in [6, 6.07) is 15.0. The first-order valence-corrected chi connectivity index (χ1v) is 11.0. The van der Waals surface area contributed by atoms with Gasteiger partial charge in [-0.1, -0.05) is 67.3 Å². The fourth-order valence-corrected chi connectivity index (χ4v) is 5.17. The van der Waals surface area contributed by atoms with Crippen LogP contribution in [-0.4, -0.2) is 32.7 Å². The maximum absolute atomic E-state index is 13.3. The van der Waals surface area contributed by atoms with Crippen molar-refractivity contribution in [2.24, 2.45) is 0 Å². The second kappa shape index (κ2) is 7.73. The van der Waals surface area contributed by atoms with Gasteiger partial charge in [-0.25, -0.2) is 0 Å². The molecule has 5 rings (SSSR count). The zero-order chi connectivity index (χ0) is 21.5. The third-order valence-electron chi connectivity index (χ3n) is 6.65. The van der Waals surface area contributed by atoms with Crippen molar-refractivity contribution in [2.45, 2.75) is 51.1 Å². The smallest absolute Gasteiger partial charge is 0.295 e. The lowest BCUT2D eigenvalue weighted by atomic mass is 9.90. The molecule has 0 bridgehead atoms.